The Morgan fingerprint density at radius 2 is 0.746 bits per heavy atom. The fourth-order valence-corrected chi connectivity index (χ4v) is 8.97. The molecule has 0 spiro atoms. The van der Waals surface area contributed by atoms with Crippen LogP contribution in [0.15, 0.2) is 182 Å². The van der Waals surface area contributed by atoms with Crippen molar-refractivity contribution in [3.8, 4) is 0 Å². The van der Waals surface area contributed by atoms with Crippen molar-refractivity contribution >= 4 is 22.6 Å². The van der Waals surface area contributed by atoms with Crippen LogP contribution in [-0.2, 0) is 91.7 Å². The standard InChI is InChI=1S/C58H64FIO11/c1-41(60)57(71-54-52(65-36-45-27-15-6-16-28-45)50(64-35-44-25-13-5-14-26-44)48(68-56(54)59)39-62-33-42-21-9-3-10-22-42)70-51-49(40-63-34-43-23-11-4-12-24-43)69-58(61-2)55(67-38-47-31-19-8-20-32-47)53(51)66-37-46-29-17-7-18-30-46/h3-32,41,48-58H,33-40H2,1-2H3/t41?,48-,49-,50-,51-,52+,53+,54+,55+,56+,57?,58+/m1/s1. The maximum Gasteiger partial charge on any atom is 0.228 e. The van der Waals surface area contributed by atoms with E-state index in [9.17, 15) is 0 Å². The Labute approximate surface area is 430 Å². The molecule has 0 N–H and O–H groups in total. The molecule has 2 heterocycles. The second-order valence-corrected chi connectivity index (χ2v) is 19.6. The van der Waals surface area contributed by atoms with E-state index in [2.05, 4.69) is 22.6 Å². The third-order valence-electron chi connectivity index (χ3n) is 12.3. The number of hydrogen-bond acceptors (Lipinski definition) is 11. The largest absolute Gasteiger partial charge is 0.374 e. The summed E-state index contributed by atoms with van der Waals surface area (Å²) in [6, 6.07) is 59.0. The van der Waals surface area contributed by atoms with E-state index in [4.69, 9.17) is 52.1 Å². The van der Waals surface area contributed by atoms with Gasteiger partial charge < -0.3 is 52.1 Å². The number of benzene rings is 6. The van der Waals surface area contributed by atoms with Gasteiger partial charge in [-0.05, 0) is 40.3 Å². The number of hydrogen-bond donors (Lipinski definition) is 0. The van der Waals surface area contributed by atoms with Gasteiger partial charge in [0.1, 0.15) is 48.8 Å². The summed E-state index contributed by atoms with van der Waals surface area (Å²) in [7, 11) is 1.58. The first kappa shape index (κ1) is 52.9. The summed E-state index contributed by atoms with van der Waals surface area (Å²) in [5.74, 6) is 0. The van der Waals surface area contributed by atoms with E-state index in [1.54, 1.807) is 7.11 Å². The van der Waals surface area contributed by atoms with Crippen LogP contribution in [0.5, 0.6) is 0 Å². The fraction of sp³-hybridized carbons (Fsp3) is 0.379. The molecule has 8 rings (SSSR count). The highest BCUT2D eigenvalue weighted by Gasteiger charge is 2.53. The Kier molecular flexibility index (Phi) is 20.9. The van der Waals surface area contributed by atoms with Gasteiger partial charge in [0.05, 0.1) is 56.8 Å². The molecule has 2 saturated heterocycles. The van der Waals surface area contributed by atoms with E-state index < -0.39 is 67.8 Å². The molecule has 11 nitrogen and oxygen atoms in total. The molecule has 2 aliphatic heterocycles. The van der Waals surface area contributed by atoms with Crippen LogP contribution in [0.3, 0.4) is 0 Å². The molecule has 376 valence electrons. The number of halogens is 2. The summed E-state index contributed by atoms with van der Waals surface area (Å²) in [5.41, 5.74) is 5.69. The van der Waals surface area contributed by atoms with Crippen molar-refractivity contribution < 1.29 is 56.5 Å². The average Bonchev–Trinajstić information content (AvgIpc) is 3.41. The molecule has 0 aromatic heterocycles. The highest BCUT2D eigenvalue weighted by atomic mass is 127. The van der Waals surface area contributed by atoms with E-state index in [-0.39, 0.29) is 43.6 Å². The van der Waals surface area contributed by atoms with Gasteiger partial charge in [-0.1, -0.05) is 205 Å². The van der Waals surface area contributed by atoms with Gasteiger partial charge >= 0.3 is 0 Å². The normalized spacial score (nSPS) is 25.4. The molecular formula is C58H64FIO11. The van der Waals surface area contributed by atoms with Gasteiger partial charge in [-0.15, -0.1) is 0 Å². The lowest BCUT2D eigenvalue weighted by atomic mass is 9.97. The molecule has 0 aliphatic carbocycles. The Balaban J connectivity index is 1.11. The zero-order valence-electron chi connectivity index (χ0n) is 40.2. The fourth-order valence-electron chi connectivity index (χ4n) is 8.63. The molecule has 2 unspecified atom stereocenters. The van der Waals surface area contributed by atoms with Crippen LogP contribution < -0.4 is 0 Å². The Hall–Kier alpha value is -4.46. The van der Waals surface area contributed by atoms with Gasteiger partial charge in [-0.3, -0.25) is 0 Å². The molecule has 12 atom stereocenters. The van der Waals surface area contributed by atoms with Crippen LogP contribution in [0.4, 0.5) is 4.39 Å². The van der Waals surface area contributed by atoms with E-state index in [0.29, 0.717) is 13.2 Å². The lowest BCUT2D eigenvalue weighted by molar-refractivity contribution is -0.358. The molecule has 71 heavy (non-hydrogen) atoms. The molecular weight excluding hydrogens is 1020 g/mol. The minimum atomic E-state index is -1.98. The number of methoxy groups -OCH3 is 1. The molecule has 0 bridgehead atoms. The van der Waals surface area contributed by atoms with Crippen LogP contribution in [0.2, 0.25) is 0 Å². The first-order valence-electron chi connectivity index (χ1n) is 24.2. The smallest absolute Gasteiger partial charge is 0.228 e. The minimum Gasteiger partial charge on any atom is -0.374 e. The van der Waals surface area contributed by atoms with Gasteiger partial charge in [-0.2, -0.15) is 0 Å². The van der Waals surface area contributed by atoms with Crippen molar-refractivity contribution in [1.29, 1.82) is 0 Å². The molecule has 13 heteroatoms. The quantitative estimate of drug-likeness (QED) is 0.0295. The average molecular weight is 1080 g/mol. The number of rotatable bonds is 26. The lowest BCUT2D eigenvalue weighted by Gasteiger charge is -2.48. The van der Waals surface area contributed by atoms with E-state index in [1.807, 2.05) is 189 Å². The summed E-state index contributed by atoms with van der Waals surface area (Å²) >= 11 is 2.25. The number of alkyl halides is 2. The van der Waals surface area contributed by atoms with Gasteiger partial charge in [0, 0.05) is 7.11 Å². The van der Waals surface area contributed by atoms with E-state index in [0.717, 1.165) is 33.4 Å². The molecule has 6 aromatic carbocycles. The zero-order valence-corrected chi connectivity index (χ0v) is 42.3. The maximum atomic E-state index is 17.3. The summed E-state index contributed by atoms with van der Waals surface area (Å²) in [6.45, 7) is 3.52. The molecule has 2 aliphatic rings. The zero-order chi connectivity index (χ0) is 49.0. The first-order valence-corrected chi connectivity index (χ1v) is 25.4. The highest BCUT2D eigenvalue weighted by molar-refractivity contribution is 14.1. The van der Waals surface area contributed by atoms with Gasteiger partial charge in [0.25, 0.3) is 0 Å². The molecule has 0 radical (unpaired) electrons. The van der Waals surface area contributed by atoms with Crippen LogP contribution in [0.1, 0.15) is 40.3 Å². The summed E-state index contributed by atoms with van der Waals surface area (Å²) in [4.78, 5) is 0. The monoisotopic (exact) mass is 1080 g/mol. The maximum absolute atomic E-state index is 17.3. The number of ether oxygens (including phenoxy) is 11. The molecule has 0 saturated carbocycles. The summed E-state index contributed by atoms with van der Waals surface area (Å²) < 4.78 is 89.8. The van der Waals surface area contributed by atoms with Gasteiger partial charge in [0.2, 0.25) is 6.36 Å². The predicted octanol–water partition coefficient (Wildman–Crippen LogP) is 10.7. The molecule has 2 fully saturated rings. The van der Waals surface area contributed by atoms with E-state index in [1.165, 1.54) is 0 Å². The van der Waals surface area contributed by atoms with Crippen molar-refractivity contribution in [2.45, 2.75) is 118 Å². The minimum absolute atomic E-state index is 0.0326. The van der Waals surface area contributed by atoms with E-state index >= 15 is 4.39 Å². The predicted molar refractivity (Wildman–Crippen MR) is 275 cm³/mol. The molecule has 0 amide bonds. The Bertz CT molecular complexity index is 2360. The van der Waals surface area contributed by atoms with Crippen molar-refractivity contribution in [1.82, 2.24) is 0 Å². The Morgan fingerprint density at radius 1 is 0.423 bits per heavy atom. The van der Waals surface area contributed by atoms with Crippen molar-refractivity contribution in [2.75, 3.05) is 20.3 Å². The third-order valence-corrected chi connectivity index (χ3v) is 12.9. The lowest BCUT2D eigenvalue weighted by Crippen LogP contribution is -2.64. The van der Waals surface area contributed by atoms with Gasteiger partial charge in [0.15, 0.2) is 12.6 Å². The Morgan fingerprint density at radius 3 is 1.13 bits per heavy atom. The van der Waals surface area contributed by atoms with Crippen molar-refractivity contribution in [2.24, 2.45) is 0 Å². The van der Waals surface area contributed by atoms with Crippen molar-refractivity contribution in [3.05, 3.63) is 215 Å². The van der Waals surface area contributed by atoms with Crippen molar-refractivity contribution in [3.63, 3.8) is 0 Å². The molecule has 6 aromatic rings. The van der Waals surface area contributed by atoms with Crippen LogP contribution >= 0.6 is 22.6 Å². The summed E-state index contributed by atoms with van der Waals surface area (Å²) in [6.07, 6.45) is -11.2. The van der Waals surface area contributed by atoms with Crippen LogP contribution in [-0.4, -0.2) is 92.0 Å². The topological polar surface area (TPSA) is 102 Å². The SMILES string of the molecule is CO[C@H]1O[C@H](COCc2ccccc2)[C@@H](OC(O[C@H]2[C@@H](OCc3ccccc3)[C@H](OCc3ccccc3)[C@@H](COCc3ccccc3)O[C@@H]2F)C(C)I)[C@H](OCc2ccccc2)[C@@H]1OCc1ccccc1. The van der Waals surface area contributed by atoms with Crippen LogP contribution in [0.25, 0.3) is 0 Å². The third kappa shape index (κ3) is 15.8. The van der Waals surface area contributed by atoms with Gasteiger partial charge in [-0.25, -0.2) is 4.39 Å². The highest BCUT2D eigenvalue weighted by Crippen LogP contribution is 2.36. The second kappa shape index (κ2) is 28.1. The first-order chi connectivity index (χ1) is 34.9. The van der Waals surface area contributed by atoms with Crippen LogP contribution in [0, 0.1) is 0 Å². The summed E-state index contributed by atoms with van der Waals surface area (Å²) in [5, 5.41) is 0. The second-order valence-electron chi connectivity index (χ2n) is 17.6.